The number of hydrogen-bond acceptors (Lipinski definition) is 6. The Balaban J connectivity index is 1.65. The van der Waals surface area contributed by atoms with Crippen molar-refractivity contribution in [1.29, 1.82) is 0 Å². The van der Waals surface area contributed by atoms with Crippen molar-refractivity contribution in [2.45, 2.75) is 19.8 Å². The van der Waals surface area contributed by atoms with E-state index in [0.717, 1.165) is 0 Å². The highest BCUT2D eigenvalue weighted by atomic mass is 32.1. The molecule has 148 valence electrons. The van der Waals surface area contributed by atoms with E-state index in [1.165, 1.54) is 11.3 Å². The van der Waals surface area contributed by atoms with Crippen LogP contribution in [0, 0.1) is 0 Å². The van der Waals surface area contributed by atoms with Crippen LogP contribution in [0.1, 0.15) is 29.4 Å². The van der Waals surface area contributed by atoms with Crippen LogP contribution in [0.4, 0.5) is 5.69 Å². The summed E-state index contributed by atoms with van der Waals surface area (Å²) in [6.07, 6.45) is -0.0492. The van der Waals surface area contributed by atoms with Gasteiger partial charge in [0.15, 0.2) is 5.11 Å². The van der Waals surface area contributed by atoms with Crippen LogP contribution in [0.3, 0.4) is 0 Å². The van der Waals surface area contributed by atoms with Crippen molar-refractivity contribution in [2.24, 2.45) is 0 Å². The molecule has 1 aromatic heterocycles. The molecule has 0 saturated heterocycles. The minimum absolute atomic E-state index is 0.00492. The van der Waals surface area contributed by atoms with E-state index in [4.69, 9.17) is 17.0 Å². The minimum Gasteiger partial charge on any atom is -0.494 e. The minimum atomic E-state index is -0.436. The zero-order valence-electron chi connectivity index (χ0n) is 15.1. The van der Waals surface area contributed by atoms with Crippen LogP contribution in [0.5, 0.6) is 5.75 Å². The summed E-state index contributed by atoms with van der Waals surface area (Å²) >= 11 is 6.21. The topological polar surface area (TPSA) is 109 Å². The smallest absolute Gasteiger partial charge is 0.267 e. The van der Waals surface area contributed by atoms with Gasteiger partial charge in [-0.1, -0.05) is 6.07 Å². The Morgan fingerprint density at radius 2 is 1.75 bits per heavy atom. The van der Waals surface area contributed by atoms with Crippen LogP contribution >= 0.6 is 23.6 Å². The third kappa shape index (κ3) is 7.33. The van der Waals surface area contributed by atoms with E-state index < -0.39 is 5.91 Å². The summed E-state index contributed by atoms with van der Waals surface area (Å²) in [6, 6.07) is 10.3. The van der Waals surface area contributed by atoms with Crippen molar-refractivity contribution in [1.82, 2.24) is 16.2 Å². The van der Waals surface area contributed by atoms with E-state index in [-0.39, 0.29) is 29.8 Å². The second kappa shape index (κ2) is 11.0. The Morgan fingerprint density at radius 1 is 1.04 bits per heavy atom. The van der Waals surface area contributed by atoms with Gasteiger partial charge in [0.05, 0.1) is 11.5 Å². The van der Waals surface area contributed by atoms with Gasteiger partial charge in [-0.2, -0.15) is 0 Å². The van der Waals surface area contributed by atoms with E-state index in [9.17, 15) is 14.4 Å². The first-order chi connectivity index (χ1) is 13.5. The summed E-state index contributed by atoms with van der Waals surface area (Å²) in [6.45, 7) is 2.45. The number of benzene rings is 1. The molecule has 1 heterocycles. The molecule has 0 radical (unpaired) electrons. The molecule has 0 unspecified atom stereocenters. The van der Waals surface area contributed by atoms with Crippen molar-refractivity contribution in [2.75, 3.05) is 11.9 Å². The van der Waals surface area contributed by atoms with Crippen molar-refractivity contribution in [3.05, 3.63) is 46.7 Å². The van der Waals surface area contributed by atoms with Gasteiger partial charge in [-0.15, -0.1) is 11.3 Å². The Morgan fingerprint density at radius 3 is 2.39 bits per heavy atom. The Kier molecular flexibility index (Phi) is 8.37. The Bertz CT molecular complexity index is 823. The number of rotatable bonds is 7. The van der Waals surface area contributed by atoms with Crippen molar-refractivity contribution in [3.8, 4) is 5.75 Å². The number of carbonyl (C=O) groups excluding carboxylic acids is 3. The molecule has 0 spiro atoms. The van der Waals surface area contributed by atoms with Gasteiger partial charge in [0.2, 0.25) is 11.8 Å². The average Bonchev–Trinajstić information content (AvgIpc) is 3.21. The van der Waals surface area contributed by atoms with Gasteiger partial charge in [-0.3, -0.25) is 30.6 Å². The van der Waals surface area contributed by atoms with Crippen LogP contribution < -0.4 is 26.2 Å². The maximum Gasteiger partial charge on any atom is 0.267 e. The van der Waals surface area contributed by atoms with Crippen LogP contribution in [0.25, 0.3) is 0 Å². The second-order valence-electron chi connectivity index (χ2n) is 5.44. The van der Waals surface area contributed by atoms with Gasteiger partial charge in [-0.25, -0.2) is 0 Å². The molecule has 0 aliphatic carbocycles. The van der Waals surface area contributed by atoms with E-state index >= 15 is 0 Å². The molecule has 0 saturated carbocycles. The predicted octanol–water partition coefficient (Wildman–Crippen LogP) is 2.20. The molecule has 4 N–H and O–H groups in total. The van der Waals surface area contributed by atoms with Gasteiger partial charge in [0.25, 0.3) is 5.91 Å². The Labute approximate surface area is 171 Å². The maximum atomic E-state index is 11.9. The van der Waals surface area contributed by atoms with Crippen LogP contribution in [0.2, 0.25) is 0 Å². The second-order valence-corrected chi connectivity index (χ2v) is 6.80. The van der Waals surface area contributed by atoms with E-state index in [1.807, 2.05) is 6.92 Å². The van der Waals surface area contributed by atoms with E-state index in [1.54, 1.807) is 41.8 Å². The van der Waals surface area contributed by atoms with Crippen LogP contribution in [-0.4, -0.2) is 29.4 Å². The number of hydrogen-bond donors (Lipinski definition) is 4. The standard InChI is InChI=1S/C18H20N4O4S2/c1-2-26-13-7-5-12(6-8-13)19-15(23)9-10-16(24)21-22-18(27)20-17(25)14-4-3-11-28-14/h3-8,11H,2,9-10H2,1H3,(H,19,23)(H,21,24)(H2,20,22,25,27). The quantitative estimate of drug-likeness (QED) is 0.404. The van der Waals surface area contributed by atoms with Gasteiger partial charge in [-0.05, 0) is 54.9 Å². The molecular formula is C18H20N4O4S2. The van der Waals surface area contributed by atoms with Crippen molar-refractivity contribution in [3.63, 3.8) is 0 Å². The molecule has 0 aliphatic rings. The predicted molar refractivity (Wildman–Crippen MR) is 111 cm³/mol. The third-order valence-electron chi connectivity index (χ3n) is 3.32. The first-order valence-corrected chi connectivity index (χ1v) is 9.73. The molecule has 0 fully saturated rings. The SMILES string of the molecule is CCOc1ccc(NC(=O)CCC(=O)NNC(=S)NC(=O)c2cccs2)cc1. The normalized spacial score (nSPS) is 9.89. The molecule has 0 bridgehead atoms. The van der Waals surface area contributed by atoms with Gasteiger partial charge in [0.1, 0.15) is 5.75 Å². The van der Waals surface area contributed by atoms with Crippen molar-refractivity contribution >= 4 is 52.1 Å². The summed E-state index contributed by atoms with van der Waals surface area (Å²) in [5.41, 5.74) is 5.38. The van der Waals surface area contributed by atoms with Crippen LogP contribution in [-0.2, 0) is 9.59 Å². The van der Waals surface area contributed by atoms with Gasteiger partial charge >= 0.3 is 0 Å². The Hall–Kier alpha value is -2.98. The summed E-state index contributed by atoms with van der Waals surface area (Å²) in [5.74, 6) is -0.382. The lowest BCUT2D eigenvalue weighted by Gasteiger charge is -2.10. The summed E-state index contributed by atoms with van der Waals surface area (Å²) in [5, 5.41) is 6.87. The third-order valence-corrected chi connectivity index (χ3v) is 4.39. The number of hydrazine groups is 1. The number of nitrogens with one attached hydrogen (secondary N) is 4. The molecule has 2 rings (SSSR count). The molecular weight excluding hydrogens is 400 g/mol. The van der Waals surface area contributed by atoms with Gasteiger partial charge in [0, 0.05) is 18.5 Å². The lowest BCUT2D eigenvalue weighted by atomic mass is 10.2. The fourth-order valence-electron chi connectivity index (χ4n) is 2.04. The van der Waals surface area contributed by atoms with Crippen LogP contribution in [0.15, 0.2) is 41.8 Å². The molecule has 0 aliphatic heterocycles. The first-order valence-electron chi connectivity index (χ1n) is 8.44. The number of anilines is 1. The van der Waals surface area contributed by atoms with Crippen molar-refractivity contribution < 1.29 is 19.1 Å². The number of ether oxygens (including phenoxy) is 1. The van der Waals surface area contributed by atoms with E-state index in [2.05, 4.69) is 21.5 Å². The first kappa shape index (κ1) is 21.3. The number of carbonyl (C=O) groups is 3. The zero-order chi connectivity index (χ0) is 20.4. The lowest BCUT2D eigenvalue weighted by molar-refractivity contribution is -0.124. The fourth-order valence-corrected chi connectivity index (χ4v) is 2.81. The largest absolute Gasteiger partial charge is 0.494 e. The van der Waals surface area contributed by atoms with E-state index in [0.29, 0.717) is 22.9 Å². The maximum absolute atomic E-state index is 11.9. The zero-order valence-corrected chi connectivity index (χ0v) is 16.7. The summed E-state index contributed by atoms with van der Waals surface area (Å²) in [4.78, 5) is 36.0. The number of thiophene rings is 1. The fraction of sp³-hybridized carbons (Fsp3) is 0.222. The highest BCUT2D eigenvalue weighted by Crippen LogP contribution is 2.15. The average molecular weight is 421 g/mol. The molecule has 2 aromatic rings. The van der Waals surface area contributed by atoms with Gasteiger partial charge < -0.3 is 10.1 Å². The molecule has 28 heavy (non-hydrogen) atoms. The molecule has 8 nitrogen and oxygen atoms in total. The molecule has 1 aromatic carbocycles. The highest BCUT2D eigenvalue weighted by Gasteiger charge is 2.10. The molecule has 10 heteroatoms. The summed E-state index contributed by atoms with van der Waals surface area (Å²) in [7, 11) is 0. The number of amides is 3. The lowest BCUT2D eigenvalue weighted by Crippen LogP contribution is -2.48. The highest BCUT2D eigenvalue weighted by molar-refractivity contribution is 7.80. The summed E-state index contributed by atoms with van der Waals surface area (Å²) < 4.78 is 5.33. The molecule has 0 atom stereocenters. The number of thiocarbonyl (C=S) groups is 1. The molecule has 3 amide bonds. The monoisotopic (exact) mass is 420 g/mol.